The van der Waals surface area contributed by atoms with E-state index in [0.29, 0.717) is 12.5 Å². The van der Waals surface area contributed by atoms with Crippen LogP contribution in [0.3, 0.4) is 0 Å². The summed E-state index contributed by atoms with van der Waals surface area (Å²) in [5.41, 5.74) is 7.87. The molecule has 1 aliphatic carbocycles. The molecule has 175 valence electrons. The van der Waals surface area contributed by atoms with Crippen molar-refractivity contribution < 1.29 is 26.5 Å². The van der Waals surface area contributed by atoms with Crippen molar-refractivity contribution >= 4 is 15.1 Å². The van der Waals surface area contributed by atoms with Crippen LogP contribution in [-0.4, -0.2) is 16.1 Å². The van der Waals surface area contributed by atoms with E-state index >= 15 is 0 Å². The van der Waals surface area contributed by atoms with Crippen LogP contribution < -0.4 is 4.74 Å². The first-order chi connectivity index (χ1) is 15.3. The van der Waals surface area contributed by atoms with Crippen LogP contribution in [0.25, 0.3) is 5.57 Å². The van der Waals surface area contributed by atoms with Gasteiger partial charge in [-0.15, -0.1) is 6.92 Å². The van der Waals surface area contributed by atoms with E-state index in [-0.39, 0.29) is 21.7 Å². The molecule has 1 unspecified atom stereocenters. The number of allylic oxidation sites excluding steroid dienone is 7. The van der Waals surface area contributed by atoms with Gasteiger partial charge in [0.15, 0.2) is 0 Å². The maximum Gasteiger partial charge on any atom is 0.119 e. The van der Waals surface area contributed by atoms with Crippen molar-refractivity contribution in [2.45, 2.75) is 54.6 Å². The Morgan fingerprint density at radius 3 is 1.88 bits per heavy atom. The summed E-state index contributed by atoms with van der Waals surface area (Å²) in [6, 6.07) is 20.3. The van der Waals surface area contributed by atoms with Crippen LogP contribution in [-0.2, 0) is 21.7 Å². The number of rotatable bonds is 5. The molecule has 2 aromatic rings. The van der Waals surface area contributed by atoms with Gasteiger partial charge in [-0.1, -0.05) is 106 Å². The summed E-state index contributed by atoms with van der Waals surface area (Å²) in [6.07, 6.45) is 7.64. The molecule has 0 spiro atoms. The van der Waals surface area contributed by atoms with E-state index in [1.165, 1.54) is 33.4 Å². The second-order valence-electron chi connectivity index (χ2n) is 8.05. The van der Waals surface area contributed by atoms with Gasteiger partial charge in [0.05, 0.1) is 0 Å². The van der Waals surface area contributed by atoms with Crippen molar-refractivity contribution in [3.05, 3.63) is 107 Å². The van der Waals surface area contributed by atoms with Crippen LogP contribution in [0.1, 0.15) is 47.1 Å². The number of para-hydroxylation sites is 1. The summed E-state index contributed by atoms with van der Waals surface area (Å²) in [6.45, 7) is 17.8. The van der Waals surface area contributed by atoms with Crippen molar-refractivity contribution in [3.63, 3.8) is 0 Å². The van der Waals surface area contributed by atoms with Gasteiger partial charge in [-0.05, 0) is 37.1 Å². The molecule has 0 heterocycles. The van der Waals surface area contributed by atoms with Crippen LogP contribution in [0.5, 0.6) is 5.75 Å². The summed E-state index contributed by atoms with van der Waals surface area (Å²) in [5.74, 6) is 1.46. The second kappa shape index (κ2) is 17.6. The third kappa shape index (κ3) is 11.7. The van der Waals surface area contributed by atoms with Crippen LogP contribution >= 0.6 is 0 Å². The largest absolute Gasteiger partial charge is 0.489 e. The molecule has 2 aromatic carbocycles. The van der Waals surface area contributed by atoms with E-state index in [0.717, 1.165) is 15.3 Å². The monoisotopic (exact) mass is 492 g/mol. The van der Waals surface area contributed by atoms with Crippen molar-refractivity contribution in [1.82, 2.24) is 0 Å². The Morgan fingerprint density at radius 1 is 0.970 bits per heavy atom. The quantitative estimate of drug-likeness (QED) is 0.231. The molecule has 1 atom stereocenters. The van der Waals surface area contributed by atoms with Gasteiger partial charge in [0, 0.05) is 31.2 Å². The fourth-order valence-electron chi connectivity index (χ4n) is 3.06. The molecule has 0 saturated carbocycles. The fraction of sp³-hybridized carbons (Fsp3) is 0.333. The molecule has 0 saturated heterocycles. The normalized spacial score (nSPS) is 15.4. The topological polar surface area (TPSA) is 9.23 Å². The SMILES string of the molecule is CC1=[C-]C(C)C(C)=C1C.CC=C(C)C=C(COc1ccccc1)c1ccccc1.C[SiH]C.[Ti]. The number of ether oxygens (including phenoxy) is 1. The predicted octanol–water partition coefficient (Wildman–Crippen LogP) is 8.35. The molecule has 1 radical (unpaired) electrons. The van der Waals surface area contributed by atoms with Crippen LogP contribution in [0, 0.1) is 12.0 Å². The van der Waals surface area contributed by atoms with Crippen LogP contribution in [0.15, 0.2) is 95.1 Å². The minimum absolute atomic E-state index is 0. The van der Waals surface area contributed by atoms with E-state index in [1.54, 1.807) is 0 Å². The van der Waals surface area contributed by atoms with Crippen molar-refractivity contribution in [1.29, 1.82) is 0 Å². The van der Waals surface area contributed by atoms with Crippen LogP contribution in [0.2, 0.25) is 13.1 Å². The molecule has 3 heteroatoms. The Bertz CT molecular complexity index is 924. The standard InChI is InChI=1S/C19H20O.C9H13.C2H7Si.Ti/c1-3-16(2)14-18(17-10-6-4-7-11-17)15-20-19-12-8-5-9-13-19;1-6-5-7(2)9(4)8(6)3;1-3-2;/h3-14H,15H2,1-2H3;6H,1-4H3;3H,1-2H3;/q;-1;;. The number of benzene rings is 2. The zero-order valence-electron chi connectivity index (χ0n) is 21.7. The Labute approximate surface area is 220 Å². The van der Waals surface area contributed by atoms with Crippen molar-refractivity contribution in [3.8, 4) is 5.75 Å². The van der Waals surface area contributed by atoms with Gasteiger partial charge in [0.25, 0.3) is 0 Å². The summed E-state index contributed by atoms with van der Waals surface area (Å²) in [7, 11) is 0.750. The number of hydrogen-bond acceptors (Lipinski definition) is 1. The Hall–Kier alpha value is -1.87. The molecule has 3 rings (SSSR count). The summed E-state index contributed by atoms with van der Waals surface area (Å²) < 4.78 is 5.87. The fourth-order valence-corrected chi connectivity index (χ4v) is 3.06. The van der Waals surface area contributed by atoms with E-state index in [2.05, 4.69) is 90.2 Å². The van der Waals surface area contributed by atoms with E-state index < -0.39 is 0 Å². The van der Waals surface area contributed by atoms with Gasteiger partial charge < -0.3 is 4.74 Å². The minimum Gasteiger partial charge on any atom is -0.489 e. The van der Waals surface area contributed by atoms with Gasteiger partial charge in [0.2, 0.25) is 0 Å². The molecule has 1 aliphatic rings. The summed E-state index contributed by atoms with van der Waals surface area (Å²) in [5, 5.41) is 0. The summed E-state index contributed by atoms with van der Waals surface area (Å²) in [4.78, 5) is 0. The Morgan fingerprint density at radius 2 is 1.48 bits per heavy atom. The Kier molecular flexibility index (Phi) is 16.6. The average Bonchev–Trinajstić information content (AvgIpc) is 3.03. The Balaban J connectivity index is 0.000000658. The first-order valence-electron chi connectivity index (χ1n) is 11.4. The van der Waals surface area contributed by atoms with Crippen molar-refractivity contribution in [2.24, 2.45) is 5.92 Å². The molecule has 0 aliphatic heterocycles. The second-order valence-corrected chi connectivity index (χ2v) is 9.20. The number of hydrogen-bond donors (Lipinski definition) is 0. The average molecular weight is 493 g/mol. The smallest absolute Gasteiger partial charge is 0.119 e. The van der Waals surface area contributed by atoms with Gasteiger partial charge >= 0.3 is 0 Å². The maximum absolute atomic E-state index is 5.87. The van der Waals surface area contributed by atoms with Crippen LogP contribution in [0.4, 0.5) is 0 Å². The third-order valence-corrected chi connectivity index (χ3v) is 5.38. The molecule has 0 aromatic heterocycles. The molecule has 0 amide bonds. The minimum atomic E-state index is 0. The van der Waals surface area contributed by atoms with Gasteiger partial charge in [0.1, 0.15) is 12.4 Å². The van der Waals surface area contributed by atoms with Gasteiger partial charge in [-0.25, -0.2) is 5.57 Å². The molecule has 0 N–H and O–H groups in total. The molecule has 0 fully saturated rings. The summed E-state index contributed by atoms with van der Waals surface area (Å²) >= 11 is 0. The molecular weight excluding hydrogens is 452 g/mol. The van der Waals surface area contributed by atoms with E-state index in [9.17, 15) is 0 Å². The van der Waals surface area contributed by atoms with Gasteiger partial charge in [-0.3, -0.25) is 6.08 Å². The first kappa shape index (κ1) is 31.1. The zero-order chi connectivity index (χ0) is 23.9. The van der Waals surface area contributed by atoms with Gasteiger partial charge in [-0.2, -0.15) is 11.1 Å². The van der Waals surface area contributed by atoms with E-state index in [4.69, 9.17) is 4.74 Å². The first-order valence-corrected chi connectivity index (χ1v) is 13.7. The molecule has 1 nitrogen and oxygen atoms in total. The van der Waals surface area contributed by atoms with Crippen molar-refractivity contribution in [2.75, 3.05) is 6.61 Å². The predicted molar refractivity (Wildman–Crippen MR) is 145 cm³/mol. The molecular formula is C30H40OSiTi-. The third-order valence-electron chi connectivity index (χ3n) is 5.38. The van der Waals surface area contributed by atoms with E-state index in [1.807, 2.05) is 43.3 Å². The maximum atomic E-state index is 5.87. The molecule has 33 heavy (non-hydrogen) atoms. The zero-order valence-corrected chi connectivity index (χ0v) is 24.4. The molecule has 0 bridgehead atoms.